The molecule has 1 aliphatic carbocycles. The SMILES string of the molecule is N#Cc1c(-c2ccc(NCCC[SH](=O)=O)cc2)n(C2CC2)c2cc(OC[C@H]3CCCO3)ccc12. The van der Waals surface area contributed by atoms with Crippen molar-refractivity contribution in [2.75, 3.05) is 30.8 Å². The summed E-state index contributed by atoms with van der Waals surface area (Å²) in [4.78, 5) is 0. The Balaban J connectivity index is 1.43. The Kier molecular flexibility index (Phi) is 6.75. The molecule has 7 nitrogen and oxygen atoms in total. The minimum Gasteiger partial charge on any atom is -0.491 e. The van der Waals surface area contributed by atoms with Crippen LogP contribution < -0.4 is 10.1 Å². The first-order chi connectivity index (χ1) is 16.6. The first-order valence-electron chi connectivity index (χ1n) is 11.9. The summed E-state index contributed by atoms with van der Waals surface area (Å²) in [6, 6.07) is 16.9. The van der Waals surface area contributed by atoms with Gasteiger partial charge in [-0.05, 0) is 61.9 Å². The van der Waals surface area contributed by atoms with Crippen molar-refractivity contribution in [3.05, 3.63) is 48.0 Å². The summed E-state index contributed by atoms with van der Waals surface area (Å²) in [6.45, 7) is 1.96. The van der Waals surface area contributed by atoms with E-state index in [9.17, 15) is 13.7 Å². The fourth-order valence-electron chi connectivity index (χ4n) is 4.64. The van der Waals surface area contributed by atoms with Crippen LogP contribution in [0.4, 0.5) is 5.69 Å². The van der Waals surface area contributed by atoms with Crippen LogP contribution in [0.25, 0.3) is 22.2 Å². The van der Waals surface area contributed by atoms with Gasteiger partial charge in [-0.1, -0.05) is 12.1 Å². The van der Waals surface area contributed by atoms with E-state index in [1.807, 2.05) is 36.4 Å². The number of nitrogens with one attached hydrogen (secondary N) is 1. The molecule has 34 heavy (non-hydrogen) atoms. The second kappa shape index (κ2) is 10.1. The minimum absolute atomic E-state index is 0.159. The van der Waals surface area contributed by atoms with E-state index in [4.69, 9.17) is 9.47 Å². The number of aromatic nitrogens is 1. The maximum Gasteiger partial charge on any atom is 0.140 e. The van der Waals surface area contributed by atoms with E-state index in [0.29, 0.717) is 31.2 Å². The standard InChI is InChI=1S/C26H29N3O4S/c27-16-24-23-11-10-21(33-17-22-3-1-13-32-22)15-25(23)29(20-8-9-20)26(24)18-4-6-19(7-5-18)28-12-2-14-34(30)31/h4-7,10-11,15,20,22,28,34H,1-3,8-9,12-14,17H2/t22-/m1/s1. The molecule has 1 atom stereocenters. The van der Waals surface area contributed by atoms with Gasteiger partial charge in [0.25, 0.3) is 0 Å². The van der Waals surface area contributed by atoms with Crippen molar-refractivity contribution >= 4 is 27.3 Å². The fraction of sp³-hybridized carbons (Fsp3) is 0.423. The van der Waals surface area contributed by atoms with Crippen LogP contribution in [-0.2, 0) is 15.4 Å². The molecule has 0 radical (unpaired) electrons. The first-order valence-corrected chi connectivity index (χ1v) is 13.3. The molecule has 2 fully saturated rings. The summed E-state index contributed by atoms with van der Waals surface area (Å²) in [7, 11) is -2.33. The number of fused-ring (bicyclic) bond motifs is 1. The van der Waals surface area contributed by atoms with E-state index in [0.717, 1.165) is 65.9 Å². The Labute approximate surface area is 201 Å². The largest absolute Gasteiger partial charge is 0.491 e. The summed E-state index contributed by atoms with van der Waals surface area (Å²) in [5.74, 6) is 0.991. The molecule has 2 aromatic carbocycles. The lowest BCUT2D eigenvalue weighted by molar-refractivity contribution is 0.0680. The molecule has 1 aromatic heterocycles. The third-order valence-corrected chi connectivity index (χ3v) is 7.15. The molecule has 1 N–H and O–H groups in total. The van der Waals surface area contributed by atoms with E-state index in [-0.39, 0.29) is 11.9 Å². The number of benzene rings is 2. The third-order valence-electron chi connectivity index (χ3n) is 6.46. The molecule has 1 saturated carbocycles. The van der Waals surface area contributed by atoms with Crippen LogP contribution in [-0.4, -0.2) is 44.6 Å². The molecular weight excluding hydrogens is 450 g/mol. The highest BCUT2D eigenvalue weighted by Gasteiger charge is 2.31. The van der Waals surface area contributed by atoms with Crippen molar-refractivity contribution in [1.29, 1.82) is 5.26 Å². The number of rotatable bonds is 10. The molecule has 2 heterocycles. The highest BCUT2D eigenvalue weighted by molar-refractivity contribution is 7.72. The van der Waals surface area contributed by atoms with Gasteiger partial charge in [0.15, 0.2) is 0 Å². The van der Waals surface area contributed by atoms with Crippen molar-refractivity contribution in [3.8, 4) is 23.1 Å². The van der Waals surface area contributed by atoms with Gasteiger partial charge in [0.2, 0.25) is 0 Å². The van der Waals surface area contributed by atoms with E-state index >= 15 is 0 Å². The Morgan fingerprint density at radius 1 is 1.15 bits per heavy atom. The topological polar surface area (TPSA) is 93.4 Å². The Hall–Kier alpha value is -3.02. The maximum absolute atomic E-state index is 10.7. The molecular formula is C26H29N3O4S. The maximum atomic E-state index is 10.7. The van der Waals surface area contributed by atoms with Gasteiger partial charge >= 0.3 is 0 Å². The Morgan fingerprint density at radius 2 is 1.97 bits per heavy atom. The van der Waals surface area contributed by atoms with Crippen LogP contribution in [0.3, 0.4) is 0 Å². The molecule has 0 spiro atoms. The number of nitrogens with zero attached hydrogens (tertiary/aromatic N) is 2. The molecule has 1 saturated heterocycles. The van der Waals surface area contributed by atoms with Crippen molar-refractivity contribution in [2.24, 2.45) is 0 Å². The van der Waals surface area contributed by atoms with E-state index in [1.54, 1.807) is 0 Å². The van der Waals surface area contributed by atoms with Gasteiger partial charge in [-0.2, -0.15) is 5.26 Å². The minimum atomic E-state index is -2.33. The van der Waals surface area contributed by atoms with Crippen LogP contribution >= 0.6 is 0 Å². The lowest BCUT2D eigenvalue weighted by Crippen LogP contribution is -2.16. The lowest BCUT2D eigenvalue weighted by Gasteiger charge is -2.13. The van der Waals surface area contributed by atoms with Gasteiger partial charge < -0.3 is 19.4 Å². The van der Waals surface area contributed by atoms with Gasteiger partial charge in [0, 0.05) is 42.1 Å². The molecule has 3 aromatic rings. The first kappa shape index (κ1) is 22.8. The fourth-order valence-corrected chi connectivity index (χ4v) is 5.06. The number of hydrogen-bond acceptors (Lipinski definition) is 6. The van der Waals surface area contributed by atoms with Crippen molar-refractivity contribution in [2.45, 2.75) is 44.2 Å². The molecule has 0 bridgehead atoms. The number of hydrogen-bond donors (Lipinski definition) is 2. The second-order valence-electron chi connectivity index (χ2n) is 8.98. The molecule has 8 heteroatoms. The van der Waals surface area contributed by atoms with E-state index in [2.05, 4.69) is 22.0 Å². The van der Waals surface area contributed by atoms with Crippen LogP contribution in [0, 0.1) is 11.3 Å². The van der Waals surface area contributed by atoms with Gasteiger partial charge in [0.1, 0.15) is 29.1 Å². The van der Waals surface area contributed by atoms with Gasteiger partial charge in [-0.15, -0.1) is 0 Å². The summed E-state index contributed by atoms with van der Waals surface area (Å²) in [6.07, 6.45) is 5.06. The summed E-state index contributed by atoms with van der Waals surface area (Å²) < 4.78 is 35.5. The highest BCUT2D eigenvalue weighted by Crippen LogP contribution is 2.45. The average molecular weight is 480 g/mol. The van der Waals surface area contributed by atoms with Crippen molar-refractivity contribution < 1.29 is 17.9 Å². The Morgan fingerprint density at radius 3 is 2.65 bits per heavy atom. The summed E-state index contributed by atoms with van der Waals surface area (Å²) >= 11 is 0. The number of thiol groups is 1. The predicted molar refractivity (Wildman–Crippen MR) is 133 cm³/mol. The highest BCUT2D eigenvalue weighted by atomic mass is 32.2. The van der Waals surface area contributed by atoms with Crippen LogP contribution in [0.5, 0.6) is 5.75 Å². The zero-order valence-corrected chi connectivity index (χ0v) is 19.9. The molecule has 2 aliphatic rings. The number of ether oxygens (including phenoxy) is 2. The third kappa shape index (κ3) is 4.91. The average Bonchev–Trinajstić information content (AvgIpc) is 3.44. The quantitative estimate of drug-likeness (QED) is 0.329. The number of anilines is 1. The summed E-state index contributed by atoms with van der Waals surface area (Å²) in [5, 5.41) is 14.3. The zero-order chi connectivity index (χ0) is 23.5. The molecule has 1 aliphatic heterocycles. The Bertz CT molecular complexity index is 1270. The molecule has 0 amide bonds. The van der Waals surface area contributed by atoms with Crippen LogP contribution in [0.2, 0.25) is 0 Å². The predicted octanol–water partition coefficient (Wildman–Crippen LogP) is 4.49. The monoisotopic (exact) mass is 479 g/mol. The lowest BCUT2D eigenvalue weighted by atomic mass is 10.1. The van der Waals surface area contributed by atoms with Crippen molar-refractivity contribution in [3.63, 3.8) is 0 Å². The zero-order valence-electron chi connectivity index (χ0n) is 19.0. The van der Waals surface area contributed by atoms with Gasteiger partial charge in [0.05, 0.1) is 22.9 Å². The molecule has 5 rings (SSSR count). The number of nitriles is 1. The van der Waals surface area contributed by atoms with Crippen molar-refractivity contribution in [1.82, 2.24) is 4.57 Å². The normalized spacial score (nSPS) is 17.8. The second-order valence-corrected chi connectivity index (χ2v) is 10.1. The van der Waals surface area contributed by atoms with Gasteiger partial charge in [-0.25, -0.2) is 8.42 Å². The van der Waals surface area contributed by atoms with Crippen LogP contribution in [0.1, 0.15) is 43.7 Å². The molecule has 178 valence electrons. The summed E-state index contributed by atoms with van der Waals surface area (Å²) in [5.41, 5.74) is 4.60. The van der Waals surface area contributed by atoms with E-state index < -0.39 is 10.7 Å². The smallest absolute Gasteiger partial charge is 0.140 e. The molecule has 0 unspecified atom stereocenters. The van der Waals surface area contributed by atoms with Crippen LogP contribution in [0.15, 0.2) is 42.5 Å². The van der Waals surface area contributed by atoms with Gasteiger partial charge in [-0.3, -0.25) is 0 Å². The van der Waals surface area contributed by atoms with E-state index in [1.165, 1.54) is 0 Å².